The molecule has 1 aliphatic heterocycles. The summed E-state index contributed by atoms with van der Waals surface area (Å²) in [6.07, 6.45) is 1.28. The van der Waals surface area contributed by atoms with Gasteiger partial charge in [-0.1, -0.05) is 0 Å². The second-order valence-corrected chi connectivity index (χ2v) is 3.49. The lowest BCUT2D eigenvalue weighted by Crippen LogP contribution is -2.47. The number of hydrogen-bond acceptors (Lipinski definition) is 2. The minimum atomic E-state index is 0.0404. The molecule has 0 radical (unpaired) electrons. The van der Waals surface area contributed by atoms with Crippen LogP contribution in [0.25, 0.3) is 0 Å². The zero-order valence-electron chi connectivity index (χ0n) is 8.38. The van der Waals surface area contributed by atoms with Gasteiger partial charge in [0.1, 0.15) is 0 Å². The second kappa shape index (κ2) is 5.07. The van der Waals surface area contributed by atoms with E-state index in [0.717, 1.165) is 19.5 Å². The Hall–Kier alpha value is -0.770. The molecular formula is C9H18N2O2. The average Bonchev–Trinajstić information content (AvgIpc) is 2.08. The molecule has 4 heteroatoms. The molecule has 1 aliphatic rings. The maximum absolute atomic E-state index is 11.2. The molecule has 0 aromatic heterocycles. The molecule has 4 nitrogen and oxygen atoms in total. The van der Waals surface area contributed by atoms with Gasteiger partial charge in [0.25, 0.3) is 0 Å². The lowest BCUT2D eigenvalue weighted by atomic mass is 10.3. The maximum atomic E-state index is 11.2. The van der Waals surface area contributed by atoms with Gasteiger partial charge in [-0.15, -0.1) is 0 Å². The van der Waals surface area contributed by atoms with Crippen molar-refractivity contribution in [2.45, 2.75) is 26.4 Å². The first-order valence-electron chi connectivity index (χ1n) is 4.84. The van der Waals surface area contributed by atoms with E-state index in [1.165, 1.54) is 0 Å². The van der Waals surface area contributed by atoms with Crippen molar-refractivity contribution in [3.63, 3.8) is 0 Å². The Kier molecular flexibility index (Phi) is 4.02. The highest BCUT2D eigenvalue weighted by molar-refractivity contribution is 5.74. The van der Waals surface area contributed by atoms with Gasteiger partial charge >= 0.3 is 6.03 Å². The van der Waals surface area contributed by atoms with Gasteiger partial charge < -0.3 is 15.0 Å². The van der Waals surface area contributed by atoms with E-state index in [2.05, 4.69) is 5.32 Å². The fourth-order valence-corrected chi connectivity index (χ4v) is 1.29. The van der Waals surface area contributed by atoms with Crippen molar-refractivity contribution in [3.05, 3.63) is 0 Å². The fraction of sp³-hybridized carbons (Fsp3) is 0.889. The first kappa shape index (κ1) is 10.3. The molecule has 76 valence electrons. The number of urea groups is 1. The van der Waals surface area contributed by atoms with Crippen molar-refractivity contribution in [2.24, 2.45) is 0 Å². The van der Waals surface area contributed by atoms with Crippen LogP contribution in [-0.2, 0) is 4.74 Å². The highest BCUT2D eigenvalue weighted by Gasteiger charge is 2.16. The number of amides is 2. The summed E-state index contributed by atoms with van der Waals surface area (Å²) < 4.78 is 5.37. The standard InChI is InChI=1S/C9H18N2O2/c1-8(2)13-7-6-11-5-3-4-10-9(11)12/h8H,3-7H2,1-2H3,(H,10,12). The van der Waals surface area contributed by atoms with E-state index in [-0.39, 0.29) is 12.1 Å². The lowest BCUT2D eigenvalue weighted by Gasteiger charge is -2.27. The summed E-state index contributed by atoms with van der Waals surface area (Å²) in [5.41, 5.74) is 0. The highest BCUT2D eigenvalue weighted by atomic mass is 16.5. The largest absolute Gasteiger partial charge is 0.377 e. The smallest absolute Gasteiger partial charge is 0.317 e. The van der Waals surface area contributed by atoms with Crippen molar-refractivity contribution in [3.8, 4) is 0 Å². The summed E-state index contributed by atoms with van der Waals surface area (Å²) in [7, 11) is 0. The molecule has 0 saturated carbocycles. The molecule has 13 heavy (non-hydrogen) atoms. The number of hydrogen-bond donors (Lipinski definition) is 1. The molecule has 0 atom stereocenters. The van der Waals surface area contributed by atoms with Crippen molar-refractivity contribution >= 4 is 6.03 Å². The number of ether oxygens (including phenoxy) is 1. The number of carbonyl (C=O) groups is 1. The summed E-state index contributed by atoms with van der Waals surface area (Å²) in [4.78, 5) is 13.0. The average molecular weight is 186 g/mol. The van der Waals surface area contributed by atoms with E-state index in [1.54, 1.807) is 4.90 Å². The van der Waals surface area contributed by atoms with Crippen molar-refractivity contribution in [1.29, 1.82) is 0 Å². The molecule has 1 rings (SSSR count). The highest BCUT2D eigenvalue weighted by Crippen LogP contribution is 1.99. The zero-order valence-corrected chi connectivity index (χ0v) is 8.38. The Bertz CT molecular complexity index is 171. The second-order valence-electron chi connectivity index (χ2n) is 3.49. The van der Waals surface area contributed by atoms with Crippen LogP contribution in [0.3, 0.4) is 0 Å². The van der Waals surface area contributed by atoms with Gasteiger partial charge in [0.2, 0.25) is 0 Å². The van der Waals surface area contributed by atoms with Crippen molar-refractivity contribution in [2.75, 3.05) is 26.2 Å². The molecule has 0 aromatic rings. The minimum absolute atomic E-state index is 0.0404. The quantitative estimate of drug-likeness (QED) is 0.706. The van der Waals surface area contributed by atoms with Crippen LogP contribution in [0.1, 0.15) is 20.3 Å². The zero-order chi connectivity index (χ0) is 9.68. The Balaban J connectivity index is 2.15. The number of nitrogens with one attached hydrogen (secondary N) is 1. The molecular weight excluding hydrogens is 168 g/mol. The van der Waals surface area contributed by atoms with Gasteiger partial charge in [-0.25, -0.2) is 4.79 Å². The SMILES string of the molecule is CC(C)OCCN1CCCNC1=O. The Morgan fingerprint density at radius 1 is 1.62 bits per heavy atom. The van der Waals surface area contributed by atoms with E-state index in [1.807, 2.05) is 13.8 Å². The van der Waals surface area contributed by atoms with Gasteiger partial charge in [0, 0.05) is 19.6 Å². The van der Waals surface area contributed by atoms with Gasteiger partial charge in [-0.2, -0.15) is 0 Å². The number of nitrogens with zero attached hydrogens (tertiary/aromatic N) is 1. The molecule has 1 saturated heterocycles. The van der Waals surface area contributed by atoms with Crippen LogP contribution in [0.2, 0.25) is 0 Å². The first-order valence-corrected chi connectivity index (χ1v) is 4.84. The van der Waals surface area contributed by atoms with E-state index in [0.29, 0.717) is 13.2 Å². The lowest BCUT2D eigenvalue weighted by molar-refractivity contribution is 0.0626. The molecule has 0 aliphatic carbocycles. The van der Waals surface area contributed by atoms with Crippen LogP contribution in [0, 0.1) is 0 Å². The van der Waals surface area contributed by atoms with Crippen LogP contribution >= 0.6 is 0 Å². The van der Waals surface area contributed by atoms with Gasteiger partial charge in [0.05, 0.1) is 12.7 Å². The molecule has 0 spiro atoms. The predicted molar refractivity (Wildman–Crippen MR) is 50.7 cm³/mol. The van der Waals surface area contributed by atoms with Crippen LogP contribution in [0.5, 0.6) is 0 Å². The summed E-state index contributed by atoms with van der Waals surface area (Å²) >= 11 is 0. The van der Waals surface area contributed by atoms with Crippen molar-refractivity contribution < 1.29 is 9.53 Å². The number of carbonyl (C=O) groups excluding carboxylic acids is 1. The monoisotopic (exact) mass is 186 g/mol. The van der Waals surface area contributed by atoms with E-state index in [4.69, 9.17) is 4.74 Å². The molecule has 1 heterocycles. The van der Waals surface area contributed by atoms with Gasteiger partial charge in [-0.3, -0.25) is 0 Å². The van der Waals surface area contributed by atoms with Crippen LogP contribution in [0.4, 0.5) is 4.79 Å². The summed E-state index contributed by atoms with van der Waals surface area (Å²) in [5.74, 6) is 0. The normalized spacial score (nSPS) is 17.8. The third-order valence-electron chi connectivity index (χ3n) is 1.98. The first-order chi connectivity index (χ1) is 6.20. The molecule has 0 bridgehead atoms. The maximum Gasteiger partial charge on any atom is 0.317 e. The molecule has 1 fully saturated rings. The molecule has 0 aromatic carbocycles. The van der Waals surface area contributed by atoms with Crippen molar-refractivity contribution in [1.82, 2.24) is 10.2 Å². The van der Waals surface area contributed by atoms with Gasteiger partial charge in [0.15, 0.2) is 0 Å². The Labute approximate surface area is 79.2 Å². The molecule has 2 amide bonds. The topological polar surface area (TPSA) is 41.6 Å². The van der Waals surface area contributed by atoms with E-state index < -0.39 is 0 Å². The fourth-order valence-electron chi connectivity index (χ4n) is 1.29. The van der Waals surface area contributed by atoms with E-state index >= 15 is 0 Å². The Morgan fingerprint density at radius 3 is 3.00 bits per heavy atom. The third kappa shape index (κ3) is 3.63. The van der Waals surface area contributed by atoms with Gasteiger partial charge in [-0.05, 0) is 20.3 Å². The van der Waals surface area contributed by atoms with Crippen LogP contribution in [0.15, 0.2) is 0 Å². The van der Waals surface area contributed by atoms with E-state index in [9.17, 15) is 4.79 Å². The number of rotatable bonds is 4. The predicted octanol–water partition coefficient (Wildman–Crippen LogP) is 0.827. The molecule has 0 unspecified atom stereocenters. The third-order valence-corrected chi connectivity index (χ3v) is 1.98. The summed E-state index contributed by atoms with van der Waals surface area (Å²) in [6, 6.07) is 0.0404. The summed E-state index contributed by atoms with van der Waals surface area (Å²) in [6.45, 7) is 6.98. The van der Waals surface area contributed by atoms with Crippen LogP contribution in [-0.4, -0.2) is 43.3 Å². The Morgan fingerprint density at radius 2 is 2.38 bits per heavy atom. The van der Waals surface area contributed by atoms with Crippen LogP contribution < -0.4 is 5.32 Å². The molecule has 1 N–H and O–H groups in total. The summed E-state index contributed by atoms with van der Waals surface area (Å²) in [5, 5.41) is 2.80. The minimum Gasteiger partial charge on any atom is -0.377 e.